The molecular weight excluding hydrogens is 356 g/mol. The number of nitrogens with one attached hydrogen (secondary N) is 1. The number of amides is 1. The van der Waals surface area contributed by atoms with Crippen molar-refractivity contribution in [2.75, 3.05) is 19.8 Å². The minimum absolute atomic E-state index is 0.180. The van der Waals surface area contributed by atoms with Crippen LogP contribution in [0.25, 0.3) is 0 Å². The number of carbonyl (C=O) groups is 1. The highest BCUT2D eigenvalue weighted by Crippen LogP contribution is 2.19. The molecule has 2 aromatic rings. The second-order valence-electron chi connectivity index (χ2n) is 5.64. The molecular formula is C18H22N2O3S2. The van der Waals surface area contributed by atoms with Crippen molar-refractivity contribution in [3.63, 3.8) is 0 Å². The number of sulfonamides is 1. The van der Waals surface area contributed by atoms with Gasteiger partial charge in [0.25, 0.3) is 0 Å². The smallest absolute Gasteiger partial charge is 0.243 e. The van der Waals surface area contributed by atoms with Gasteiger partial charge in [0.2, 0.25) is 15.9 Å². The first-order valence-electron chi connectivity index (χ1n) is 7.76. The van der Waals surface area contributed by atoms with Crippen molar-refractivity contribution >= 4 is 27.7 Å². The van der Waals surface area contributed by atoms with E-state index in [0.717, 1.165) is 20.3 Å². The van der Waals surface area contributed by atoms with Crippen LogP contribution in [0.4, 0.5) is 0 Å². The van der Waals surface area contributed by atoms with Crippen LogP contribution in [0.3, 0.4) is 0 Å². The molecule has 0 fully saturated rings. The third-order valence-electron chi connectivity index (χ3n) is 3.87. The van der Waals surface area contributed by atoms with Crippen molar-refractivity contribution in [2.24, 2.45) is 0 Å². The molecule has 2 aromatic carbocycles. The van der Waals surface area contributed by atoms with Gasteiger partial charge in [-0.2, -0.15) is 4.31 Å². The van der Waals surface area contributed by atoms with E-state index in [1.807, 2.05) is 37.4 Å². The van der Waals surface area contributed by atoms with Gasteiger partial charge in [0.05, 0.1) is 11.4 Å². The van der Waals surface area contributed by atoms with Gasteiger partial charge < -0.3 is 5.32 Å². The molecule has 0 aromatic heterocycles. The average Bonchev–Trinajstić information content (AvgIpc) is 2.61. The van der Waals surface area contributed by atoms with Crippen molar-refractivity contribution < 1.29 is 13.2 Å². The normalized spacial score (nSPS) is 11.5. The highest BCUT2D eigenvalue weighted by molar-refractivity contribution is 7.98. The molecule has 0 heterocycles. The lowest BCUT2D eigenvalue weighted by molar-refractivity contribution is -0.121. The third-order valence-corrected chi connectivity index (χ3v) is 6.43. The van der Waals surface area contributed by atoms with E-state index in [1.165, 1.54) is 7.05 Å². The maximum Gasteiger partial charge on any atom is 0.243 e. The van der Waals surface area contributed by atoms with Crippen LogP contribution in [0.1, 0.15) is 11.1 Å². The highest BCUT2D eigenvalue weighted by Gasteiger charge is 2.22. The van der Waals surface area contributed by atoms with Crippen LogP contribution in [-0.4, -0.2) is 38.5 Å². The van der Waals surface area contributed by atoms with E-state index in [1.54, 1.807) is 36.0 Å². The Morgan fingerprint density at radius 3 is 2.36 bits per heavy atom. The van der Waals surface area contributed by atoms with Crippen LogP contribution in [0.15, 0.2) is 58.3 Å². The summed E-state index contributed by atoms with van der Waals surface area (Å²) >= 11 is 1.54. The molecule has 2 rings (SSSR count). The summed E-state index contributed by atoms with van der Waals surface area (Å²) in [7, 11) is -2.28. The zero-order valence-electron chi connectivity index (χ0n) is 14.5. The Kier molecular flexibility index (Phi) is 6.64. The van der Waals surface area contributed by atoms with Crippen LogP contribution in [0.2, 0.25) is 0 Å². The van der Waals surface area contributed by atoms with Crippen LogP contribution in [0, 0.1) is 6.92 Å². The molecule has 0 aliphatic carbocycles. The van der Waals surface area contributed by atoms with E-state index in [0.29, 0.717) is 6.54 Å². The van der Waals surface area contributed by atoms with Gasteiger partial charge in [-0.15, -0.1) is 11.8 Å². The number of rotatable bonds is 7. The Morgan fingerprint density at radius 1 is 1.12 bits per heavy atom. The predicted octanol–water partition coefficient (Wildman–Crippen LogP) is 2.65. The Labute approximate surface area is 153 Å². The van der Waals surface area contributed by atoms with Gasteiger partial charge in [0.1, 0.15) is 0 Å². The van der Waals surface area contributed by atoms with E-state index in [2.05, 4.69) is 5.32 Å². The fourth-order valence-electron chi connectivity index (χ4n) is 2.27. The molecule has 25 heavy (non-hydrogen) atoms. The summed E-state index contributed by atoms with van der Waals surface area (Å²) in [5.41, 5.74) is 2.09. The summed E-state index contributed by atoms with van der Waals surface area (Å²) in [5, 5.41) is 2.76. The van der Waals surface area contributed by atoms with E-state index >= 15 is 0 Å². The number of carbonyl (C=O) groups excluding carboxylic acids is 1. The van der Waals surface area contributed by atoms with Crippen molar-refractivity contribution in [1.82, 2.24) is 9.62 Å². The molecule has 0 saturated heterocycles. The van der Waals surface area contributed by atoms with Crippen molar-refractivity contribution in [2.45, 2.75) is 23.3 Å². The van der Waals surface area contributed by atoms with Crippen molar-refractivity contribution in [3.05, 3.63) is 59.7 Å². The number of hydrogen-bond acceptors (Lipinski definition) is 4. The summed E-state index contributed by atoms with van der Waals surface area (Å²) in [5.74, 6) is -0.338. The summed E-state index contributed by atoms with van der Waals surface area (Å²) < 4.78 is 26.1. The zero-order valence-corrected chi connectivity index (χ0v) is 16.2. The molecule has 0 atom stereocenters. The topological polar surface area (TPSA) is 66.5 Å². The molecule has 5 nitrogen and oxygen atoms in total. The lowest BCUT2D eigenvalue weighted by Gasteiger charge is -2.17. The molecule has 0 unspecified atom stereocenters. The monoisotopic (exact) mass is 378 g/mol. The van der Waals surface area contributed by atoms with E-state index in [4.69, 9.17) is 0 Å². The van der Waals surface area contributed by atoms with Crippen molar-refractivity contribution in [1.29, 1.82) is 0 Å². The van der Waals surface area contributed by atoms with Crippen LogP contribution >= 0.6 is 11.8 Å². The van der Waals surface area contributed by atoms with Crippen LogP contribution in [0.5, 0.6) is 0 Å². The molecule has 0 bridgehead atoms. The number of nitrogens with zero attached hydrogens (tertiary/aromatic N) is 1. The number of thioether (sulfide) groups is 1. The van der Waals surface area contributed by atoms with E-state index < -0.39 is 10.0 Å². The fourth-order valence-corrected chi connectivity index (χ4v) is 3.81. The number of aryl methyl sites for hydroxylation is 1. The first-order valence-corrected chi connectivity index (χ1v) is 10.4. The summed E-state index contributed by atoms with van der Waals surface area (Å²) in [4.78, 5) is 13.3. The third kappa shape index (κ3) is 5.07. The standard InChI is InChI=1S/C18H22N2O3S2/c1-14-6-4-5-7-15(14)12-19-18(21)13-20(2)25(22,23)17-10-8-16(24-3)9-11-17/h4-11H,12-13H2,1-3H3,(H,19,21). The Hall–Kier alpha value is -1.83. The first-order chi connectivity index (χ1) is 11.8. The second-order valence-corrected chi connectivity index (χ2v) is 8.56. The van der Waals surface area contributed by atoms with E-state index in [9.17, 15) is 13.2 Å². The number of hydrogen-bond donors (Lipinski definition) is 1. The molecule has 0 spiro atoms. The Morgan fingerprint density at radius 2 is 1.76 bits per heavy atom. The maximum absolute atomic E-state index is 12.5. The minimum atomic E-state index is -3.69. The fraction of sp³-hybridized carbons (Fsp3) is 0.278. The largest absolute Gasteiger partial charge is 0.351 e. The predicted molar refractivity (Wildman–Crippen MR) is 101 cm³/mol. The van der Waals surface area contributed by atoms with E-state index in [-0.39, 0.29) is 17.3 Å². The molecule has 134 valence electrons. The molecule has 0 radical (unpaired) electrons. The summed E-state index contributed by atoms with van der Waals surface area (Å²) in [6.07, 6.45) is 1.93. The number of likely N-dealkylation sites (N-methyl/N-ethyl adjacent to an activating group) is 1. The molecule has 0 aliphatic heterocycles. The van der Waals surface area contributed by atoms with Gasteiger partial charge in [-0.1, -0.05) is 24.3 Å². The maximum atomic E-state index is 12.5. The summed E-state index contributed by atoms with van der Waals surface area (Å²) in [6, 6.07) is 14.4. The van der Waals surface area contributed by atoms with Gasteiger partial charge in [0, 0.05) is 18.5 Å². The van der Waals surface area contributed by atoms with Gasteiger partial charge in [-0.25, -0.2) is 8.42 Å². The number of benzene rings is 2. The van der Waals surface area contributed by atoms with Gasteiger partial charge in [0.15, 0.2) is 0 Å². The summed E-state index contributed by atoms with van der Waals surface area (Å²) in [6.45, 7) is 2.12. The van der Waals surface area contributed by atoms with Gasteiger partial charge >= 0.3 is 0 Å². The molecule has 0 saturated carbocycles. The first kappa shape index (κ1) is 19.5. The van der Waals surface area contributed by atoms with Gasteiger partial charge in [-0.05, 0) is 48.6 Å². The quantitative estimate of drug-likeness (QED) is 0.752. The molecule has 7 heteroatoms. The van der Waals surface area contributed by atoms with Crippen LogP contribution < -0.4 is 5.32 Å². The van der Waals surface area contributed by atoms with Gasteiger partial charge in [-0.3, -0.25) is 4.79 Å². The Balaban J connectivity index is 1.98. The molecule has 0 aliphatic rings. The average molecular weight is 379 g/mol. The molecule has 1 amide bonds. The SMILES string of the molecule is CSc1ccc(S(=O)(=O)N(C)CC(=O)NCc2ccccc2C)cc1. The van der Waals surface area contributed by atoms with Crippen LogP contribution in [-0.2, 0) is 21.4 Å². The minimum Gasteiger partial charge on any atom is -0.351 e. The lowest BCUT2D eigenvalue weighted by Crippen LogP contribution is -2.38. The van der Waals surface area contributed by atoms with Crippen molar-refractivity contribution in [3.8, 4) is 0 Å². The second kappa shape index (κ2) is 8.51. The highest BCUT2D eigenvalue weighted by atomic mass is 32.2. The molecule has 1 N–H and O–H groups in total. The Bertz CT molecular complexity index is 834. The zero-order chi connectivity index (χ0) is 18.4. The lowest BCUT2D eigenvalue weighted by atomic mass is 10.1.